The van der Waals surface area contributed by atoms with Crippen LogP contribution in [-0.2, 0) is 13.2 Å². The third-order valence-corrected chi connectivity index (χ3v) is 3.19. The third kappa shape index (κ3) is 4.59. The molecule has 0 aliphatic heterocycles. The first-order chi connectivity index (χ1) is 9.95. The molecule has 0 saturated carbocycles. The van der Waals surface area contributed by atoms with E-state index >= 15 is 0 Å². The summed E-state index contributed by atoms with van der Waals surface area (Å²) in [5.74, 6) is 1.48. The van der Waals surface area contributed by atoms with Gasteiger partial charge in [0.05, 0.1) is 5.02 Å². The summed E-state index contributed by atoms with van der Waals surface area (Å²) in [6.07, 6.45) is 0. The van der Waals surface area contributed by atoms with Gasteiger partial charge in [-0.05, 0) is 12.1 Å². The zero-order valence-corrected chi connectivity index (χ0v) is 13.6. The molecule has 7 heteroatoms. The average Bonchev–Trinajstić information content (AvgIpc) is 2.80. The Kier molecular flexibility index (Phi) is 5.45. The normalized spacial score (nSPS) is 11.1. The number of ether oxygens (including phenoxy) is 1. The van der Waals surface area contributed by atoms with Gasteiger partial charge in [-0.25, -0.2) is 0 Å². The number of nitrogens with zero attached hydrogens (tertiary/aromatic N) is 2. The number of hydrogen-bond acceptors (Lipinski definition) is 5. The van der Waals surface area contributed by atoms with Crippen molar-refractivity contribution < 1.29 is 9.15 Å². The molecular weight excluding hydrogens is 313 g/mol. The monoisotopic (exact) mass is 329 g/mol. The quantitative estimate of drug-likeness (QED) is 0.874. The molecule has 0 spiro atoms. The van der Waals surface area contributed by atoms with Crippen LogP contribution in [0, 0.1) is 6.92 Å². The minimum absolute atomic E-state index is 0.164. The van der Waals surface area contributed by atoms with Crippen molar-refractivity contribution in [1.29, 1.82) is 0 Å². The Morgan fingerprint density at radius 3 is 2.67 bits per heavy atom. The van der Waals surface area contributed by atoms with Crippen LogP contribution in [-0.4, -0.2) is 16.2 Å². The minimum Gasteiger partial charge on any atom is -0.482 e. The number of halogens is 2. The van der Waals surface area contributed by atoms with Gasteiger partial charge >= 0.3 is 0 Å². The lowest BCUT2D eigenvalue weighted by Gasteiger charge is -2.15. The van der Waals surface area contributed by atoms with E-state index in [4.69, 9.17) is 32.4 Å². The molecule has 0 saturated heterocycles. The Morgan fingerprint density at radius 2 is 2.05 bits per heavy atom. The SMILES string of the molecule is Cc1nnc(COc2c(Cl)cc(Cl)cc2CNC(C)C)o1. The molecule has 0 aliphatic carbocycles. The topological polar surface area (TPSA) is 60.2 Å². The van der Waals surface area contributed by atoms with Crippen LogP contribution in [0.5, 0.6) is 5.75 Å². The fourth-order valence-electron chi connectivity index (χ4n) is 1.75. The van der Waals surface area contributed by atoms with Gasteiger partial charge in [0.2, 0.25) is 5.89 Å². The number of hydrogen-bond donors (Lipinski definition) is 1. The van der Waals surface area contributed by atoms with Gasteiger partial charge in [-0.1, -0.05) is 37.0 Å². The predicted octanol–water partition coefficient (Wildman–Crippen LogP) is 3.76. The summed E-state index contributed by atoms with van der Waals surface area (Å²) in [4.78, 5) is 0. The van der Waals surface area contributed by atoms with E-state index in [1.807, 2.05) is 6.07 Å². The second-order valence-corrected chi connectivity index (χ2v) is 5.76. The number of benzene rings is 1. The zero-order valence-electron chi connectivity index (χ0n) is 12.1. The van der Waals surface area contributed by atoms with Crippen molar-refractivity contribution in [2.45, 2.75) is 40.0 Å². The van der Waals surface area contributed by atoms with Crippen LogP contribution in [0.15, 0.2) is 16.5 Å². The average molecular weight is 330 g/mol. The van der Waals surface area contributed by atoms with Crippen molar-refractivity contribution in [3.63, 3.8) is 0 Å². The molecule has 0 radical (unpaired) electrons. The second-order valence-electron chi connectivity index (χ2n) is 4.91. The first-order valence-electron chi connectivity index (χ1n) is 6.58. The van der Waals surface area contributed by atoms with Crippen molar-refractivity contribution >= 4 is 23.2 Å². The number of nitrogens with one attached hydrogen (secondary N) is 1. The summed E-state index contributed by atoms with van der Waals surface area (Å²) >= 11 is 12.3. The van der Waals surface area contributed by atoms with Gasteiger partial charge in [0.15, 0.2) is 6.61 Å². The molecule has 1 N–H and O–H groups in total. The summed E-state index contributed by atoms with van der Waals surface area (Å²) in [5.41, 5.74) is 0.887. The van der Waals surface area contributed by atoms with Crippen LogP contribution >= 0.6 is 23.2 Å². The first kappa shape index (κ1) is 16.1. The maximum atomic E-state index is 6.22. The molecule has 0 aliphatic rings. The van der Waals surface area contributed by atoms with Crippen LogP contribution in [0.2, 0.25) is 10.0 Å². The molecule has 0 unspecified atom stereocenters. The van der Waals surface area contributed by atoms with Gasteiger partial charge in [-0.2, -0.15) is 0 Å². The maximum absolute atomic E-state index is 6.22. The van der Waals surface area contributed by atoms with E-state index < -0.39 is 0 Å². The molecule has 0 bridgehead atoms. The highest BCUT2D eigenvalue weighted by molar-refractivity contribution is 6.35. The van der Waals surface area contributed by atoms with Gasteiger partial charge in [0, 0.05) is 30.1 Å². The summed E-state index contributed by atoms with van der Waals surface area (Å²) in [7, 11) is 0. The van der Waals surface area contributed by atoms with E-state index in [1.165, 1.54) is 0 Å². The van der Waals surface area contributed by atoms with Gasteiger partial charge in [-0.3, -0.25) is 0 Å². The smallest absolute Gasteiger partial charge is 0.253 e. The summed E-state index contributed by atoms with van der Waals surface area (Å²) < 4.78 is 11.0. The molecule has 0 fully saturated rings. The molecule has 2 rings (SSSR count). The Bertz CT molecular complexity index is 614. The standard InChI is InChI=1S/C14H17Cl2N3O2/c1-8(2)17-6-10-4-11(15)5-12(16)14(10)20-7-13-19-18-9(3)21-13/h4-5,8,17H,6-7H2,1-3H3. The molecule has 21 heavy (non-hydrogen) atoms. The molecule has 0 amide bonds. The van der Waals surface area contributed by atoms with Gasteiger partial charge in [-0.15, -0.1) is 10.2 Å². The van der Waals surface area contributed by atoms with Crippen LogP contribution in [0.25, 0.3) is 0 Å². The van der Waals surface area contributed by atoms with Crippen molar-refractivity contribution in [3.8, 4) is 5.75 Å². The highest BCUT2D eigenvalue weighted by Crippen LogP contribution is 2.33. The predicted molar refractivity (Wildman–Crippen MR) is 81.8 cm³/mol. The number of aryl methyl sites for hydroxylation is 1. The van der Waals surface area contributed by atoms with E-state index in [0.717, 1.165) is 5.56 Å². The molecule has 1 aromatic heterocycles. The molecule has 2 aromatic rings. The largest absolute Gasteiger partial charge is 0.482 e. The third-order valence-electron chi connectivity index (χ3n) is 2.69. The summed E-state index contributed by atoms with van der Waals surface area (Å²) in [6.45, 7) is 6.62. The lowest BCUT2D eigenvalue weighted by Crippen LogP contribution is -2.22. The minimum atomic E-state index is 0.164. The molecule has 0 atom stereocenters. The van der Waals surface area contributed by atoms with E-state index in [-0.39, 0.29) is 6.61 Å². The molecule has 1 aromatic carbocycles. The molecule has 114 valence electrons. The second kappa shape index (κ2) is 7.11. The highest BCUT2D eigenvalue weighted by atomic mass is 35.5. The number of aromatic nitrogens is 2. The molecule has 5 nitrogen and oxygen atoms in total. The van der Waals surface area contributed by atoms with E-state index in [1.54, 1.807) is 13.0 Å². The highest BCUT2D eigenvalue weighted by Gasteiger charge is 2.13. The maximum Gasteiger partial charge on any atom is 0.253 e. The fraction of sp³-hybridized carbons (Fsp3) is 0.429. The van der Waals surface area contributed by atoms with Crippen LogP contribution in [0.3, 0.4) is 0 Å². The lowest BCUT2D eigenvalue weighted by atomic mass is 10.2. The first-order valence-corrected chi connectivity index (χ1v) is 7.34. The van der Waals surface area contributed by atoms with E-state index in [2.05, 4.69) is 29.4 Å². The molecule has 1 heterocycles. The van der Waals surface area contributed by atoms with Gasteiger partial charge in [0.1, 0.15) is 5.75 Å². The Hall–Kier alpha value is -1.30. The lowest BCUT2D eigenvalue weighted by molar-refractivity contribution is 0.257. The Balaban J connectivity index is 2.15. The Labute approximate surface area is 133 Å². The number of rotatable bonds is 6. The van der Waals surface area contributed by atoms with Crippen LogP contribution in [0.4, 0.5) is 0 Å². The van der Waals surface area contributed by atoms with Crippen molar-refractivity contribution in [3.05, 3.63) is 39.5 Å². The van der Waals surface area contributed by atoms with E-state index in [0.29, 0.717) is 40.2 Å². The summed E-state index contributed by atoms with van der Waals surface area (Å²) in [5, 5.41) is 12.0. The van der Waals surface area contributed by atoms with Crippen molar-refractivity contribution in [2.24, 2.45) is 0 Å². The van der Waals surface area contributed by atoms with Gasteiger partial charge < -0.3 is 14.5 Å². The van der Waals surface area contributed by atoms with Gasteiger partial charge in [0.25, 0.3) is 5.89 Å². The molecular formula is C14H17Cl2N3O2. The van der Waals surface area contributed by atoms with E-state index in [9.17, 15) is 0 Å². The van der Waals surface area contributed by atoms with Crippen molar-refractivity contribution in [2.75, 3.05) is 0 Å². The van der Waals surface area contributed by atoms with Crippen molar-refractivity contribution in [1.82, 2.24) is 15.5 Å². The summed E-state index contributed by atoms with van der Waals surface area (Å²) in [6, 6.07) is 3.82. The fourth-order valence-corrected chi connectivity index (χ4v) is 2.34. The van der Waals surface area contributed by atoms with Crippen LogP contribution < -0.4 is 10.1 Å². The zero-order chi connectivity index (χ0) is 15.4. The van der Waals surface area contributed by atoms with Crippen LogP contribution in [0.1, 0.15) is 31.2 Å². The Morgan fingerprint density at radius 1 is 1.29 bits per heavy atom.